The number of nitrogens with one attached hydrogen (secondary N) is 2. The number of hydrogen-bond acceptors (Lipinski definition) is 4. The molecule has 0 bridgehead atoms. The number of carbonyl (C=O) groups excluding carboxylic acids is 2. The van der Waals surface area contributed by atoms with E-state index in [0.717, 1.165) is 6.08 Å². The van der Waals surface area contributed by atoms with Crippen LogP contribution in [0.25, 0.3) is 6.08 Å². The van der Waals surface area contributed by atoms with Crippen LogP contribution >= 0.6 is 0 Å². The van der Waals surface area contributed by atoms with Crippen molar-refractivity contribution in [2.24, 2.45) is 0 Å². The smallest absolute Gasteiger partial charge is 0.279 e. The Morgan fingerprint density at radius 2 is 1.74 bits per heavy atom. The van der Waals surface area contributed by atoms with E-state index in [4.69, 9.17) is 9.47 Å². The van der Waals surface area contributed by atoms with Gasteiger partial charge >= 0.3 is 0 Å². The van der Waals surface area contributed by atoms with Crippen molar-refractivity contribution in [2.75, 3.05) is 6.61 Å². The molecule has 0 aliphatic heterocycles. The molecule has 2 amide bonds. The monoisotopic (exact) mass is 372 g/mol. The van der Waals surface area contributed by atoms with E-state index < -0.39 is 23.7 Å². The number of rotatable bonds is 7. The van der Waals surface area contributed by atoms with Gasteiger partial charge in [0.05, 0.1) is 6.61 Å². The Morgan fingerprint density at radius 3 is 2.41 bits per heavy atom. The summed E-state index contributed by atoms with van der Waals surface area (Å²) in [5.74, 6) is -0.373. The van der Waals surface area contributed by atoms with Gasteiger partial charge in [-0.2, -0.15) is 0 Å². The summed E-state index contributed by atoms with van der Waals surface area (Å²) in [4.78, 5) is 23.7. The van der Waals surface area contributed by atoms with Crippen molar-refractivity contribution in [3.63, 3.8) is 0 Å². The van der Waals surface area contributed by atoms with Gasteiger partial charge in [0.25, 0.3) is 11.8 Å². The largest absolute Gasteiger partial charge is 0.494 e. The van der Waals surface area contributed by atoms with E-state index in [1.54, 1.807) is 43.3 Å². The normalized spacial score (nSPS) is 11.7. The molecule has 142 valence electrons. The third-order valence-corrected chi connectivity index (χ3v) is 3.45. The van der Waals surface area contributed by atoms with Crippen LogP contribution in [0.15, 0.2) is 54.6 Å². The number of hydrogen-bond donors (Lipinski definition) is 2. The lowest BCUT2D eigenvalue weighted by molar-refractivity contribution is -0.131. The summed E-state index contributed by atoms with van der Waals surface area (Å²) >= 11 is 0. The minimum absolute atomic E-state index is 0.270. The summed E-state index contributed by atoms with van der Waals surface area (Å²) in [7, 11) is 0. The molecule has 2 aromatic rings. The Hall–Kier alpha value is -3.35. The highest BCUT2D eigenvalue weighted by molar-refractivity contribution is 5.93. The fourth-order valence-corrected chi connectivity index (χ4v) is 2.08. The van der Waals surface area contributed by atoms with Gasteiger partial charge in [-0.15, -0.1) is 0 Å². The van der Waals surface area contributed by atoms with Crippen LogP contribution in [0.4, 0.5) is 4.39 Å². The van der Waals surface area contributed by atoms with E-state index in [0.29, 0.717) is 18.1 Å². The number of halogens is 1. The van der Waals surface area contributed by atoms with Crippen molar-refractivity contribution >= 4 is 17.9 Å². The molecule has 0 fully saturated rings. The molecule has 0 heterocycles. The summed E-state index contributed by atoms with van der Waals surface area (Å²) in [5.41, 5.74) is 4.74. The topological polar surface area (TPSA) is 76.7 Å². The number of ether oxygens (including phenoxy) is 2. The molecule has 0 aliphatic carbocycles. The molecule has 6 nitrogen and oxygen atoms in total. The Balaban J connectivity index is 1.80. The lowest BCUT2D eigenvalue weighted by atomic mass is 10.2. The molecule has 1 atom stereocenters. The van der Waals surface area contributed by atoms with Crippen molar-refractivity contribution in [1.82, 2.24) is 10.9 Å². The van der Waals surface area contributed by atoms with Crippen molar-refractivity contribution in [3.8, 4) is 11.5 Å². The van der Waals surface area contributed by atoms with Gasteiger partial charge in [-0.3, -0.25) is 20.4 Å². The molecule has 0 aromatic heterocycles. The summed E-state index contributed by atoms with van der Waals surface area (Å²) in [6.45, 7) is 3.99. The molecule has 0 saturated heterocycles. The first-order valence-corrected chi connectivity index (χ1v) is 8.41. The molecule has 0 aliphatic rings. The van der Waals surface area contributed by atoms with E-state index in [-0.39, 0.29) is 5.56 Å². The molecule has 7 heteroatoms. The highest BCUT2D eigenvalue weighted by Crippen LogP contribution is 2.18. The minimum Gasteiger partial charge on any atom is -0.494 e. The van der Waals surface area contributed by atoms with Gasteiger partial charge in [-0.1, -0.05) is 18.2 Å². The number of amides is 2. The molecule has 0 radical (unpaired) electrons. The maximum absolute atomic E-state index is 13.5. The molecular formula is C20H21FN2O4. The SMILES string of the molecule is CCOc1ccc(O[C@H](C)C(=O)NNC(=O)/C=C/c2ccccc2F)cc1. The maximum Gasteiger partial charge on any atom is 0.279 e. The van der Waals surface area contributed by atoms with E-state index in [9.17, 15) is 14.0 Å². The molecule has 27 heavy (non-hydrogen) atoms. The average molecular weight is 372 g/mol. The molecule has 2 N–H and O–H groups in total. The van der Waals surface area contributed by atoms with Crippen LogP contribution < -0.4 is 20.3 Å². The quantitative estimate of drug-likeness (QED) is 0.579. The first kappa shape index (κ1) is 20.0. The van der Waals surface area contributed by atoms with Crippen LogP contribution in [-0.2, 0) is 9.59 Å². The number of carbonyl (C=O) groups is 2. The van der Waals surface area contributed by atoms with Crippen molar-refractivity contribution in [3.05, 3.63) is 66.0 Å². The average Bonchev–Trinajstić information content (AvgIpc) is 2.67. The Bertz CT molecular complexity index is 806. The predicted octanol–water partition coefficient (Wildman–Crippen LogP) is 2.85. The Morgan fingerprint density at radius 1 is 1.07 bits per heavy atom. The van der Waals surface area contributed by atoms with Crippen LogP contribution in [0.1, 0.15) is 19.4 Å². The molecule has 0 saturated carbocycles. The summed E-state index contributed by atoms with van der Waals surface area (Å²) < 4.78 is 24.3. The van der Waals surface area contributed by atoms with Crippen molar-refractivity contribution in [2.45, 2.75) is 20.0 Å². The van der Waals surface area contributed by atoms with E-state index in [2.05, 4.69) is 10.9 Å². The molecule has 2 rings (SSSR count). The Kier molecular flexibility index (Phi) is 7.37. The zero-order valence-electron chi connectivity index (χ0n) is 15.1. The molecule has 0 spiro atoms. The third-order valence-electron chi connectivity index (χ3n) is 3.45. The lowest BCUT2D eigenvalue weighted by Crippen LogP contribution is -2.46. The highest BCUT2D eigenvalue weighted by atomic mass is 19.1. The van der Waals surface area contributed by atoms with E-state index in [1.165, 1.54) is 18.2 Å². The van der Waals surface area contributed by atoms with Crippen LogP contribution in [0.5, 0.6) is 11.5 Å². The first-order valence-electron chi connectivity index (χ1n) is 8.41. The van der Waals surface area contributed by atoms with Gasteiger partial charge in [0.1, 0.15) is 17.3 Å². The standard InChI is InChI=1S/C20H21FN2O4/c1-3-26-16-9-11-17(12-10-16)27-14(2)20(25)23-22-19(24)13-8-15-6-4-5-7-18(15)21/h4-14H,3H2,1-2H3,(H,22,24)(H,23,25)/b13-8+/t14-/m1/s1. The fourth-order valence-electron chi connectivity index (χ4n) is 2.08. The van der Waals surface area contributed by atoms with Crippen LogP contribution in [0.2, 0.25) is 0 Å². The van der Waals surface area contributed by atoms with Crippen molar-refractivity contribution in [1.29, 1.82) is 0 Å². The fraction of sp³-hybridized carbons (Fsp3) is 0.200. The van der Waals surface area contributed by atoms with Crippen molar-refractivity contribution < 1.29 is 23.5 Å². The van der Waals surface area contributed by atoms with Crippen LogP contribution in [-0.4, -0.2) is 24.5 Å². The van der Waals surface area contributed by atoms with E-state index >= 15 is 0 Å². The third kappa shape index (κ3) is 6.47. The van der Waals surface area contributed by atoms with Gasteiger partial charge in [-0.25, -0.2) is 4.39 Å². The number of benzene rings is 2. The molecule has 0 unspecified atom stereocenters. The first-order chi connectivity index (χ1) is 13.0. The lowest BCUT2D eigenvalue weighted by Gasteiger charge is -2.15. The van der Waals surface area contributed by atoms with Gasteiger partial charge in [-0.05, 0) is 50.3 Å². The molecular weight excluding hydrogens is 351 g/mol. The second kappa shape index (κ2) is 9.96. The second-order valence-electron chi connectivity index (χ2n) is 5.50. The minimum atomic E-state index is -0.834. The summed E-state index contributed by atoms with van der Waals surface area (Å²) in [6, 6.07) is 12.9. The van der Waals surface area contributed by atoms with Crippen LogP contribution in [0.3, 0.4) is 0 Å². The summed E-state index contributed by atoms with van der Waals surface area (Å²) in [6.07, 6.45) is 1.60. The van der Waals surface area contributed by atoms with Gasteiger partial charge in [0.15, 0.2) is 6.10 Å². The maximum atomic E-state index is 13.5. The number of hydrazine groups is 1. The van der Waals surface area contributed by atoms with Crippen LogP contribution in [0, 0.1) is 5.82 Å². The predicted molar refractivity (Wildman–Crippen MR) is 99.4 cm³/mol. The highest BCUT2D eigenvalue weighted by Gasteiger charge is 2.15. The zero-order chi connectivity index (χ0) is 19.6. The van der Waals surface area contributed by atoms with E-state index in [1.807, 2.05) is 6.92 Å². The Labute approximate surface area is 157 Å². The van der Waals surface area contributed by atoms with Gasteiger partial charge in [0.2, 0.25) is 0 Å². The zero-order valence-corrected chi connectivity index (χ0v) is 15.1. The second-order valence-corrected chi connectivity index (χ2v) is 5.50. The summed E-state index contributed by atoms with van der Waals surface area (Å²) in [5, 5.41) is 0. The van der Waals surface area contributed by atoms with Gasteiger partial charge in [0, 0.05) is 11.6 Å². The molecule has 2 aromatic carbocycles. The van der Waals surface area contributed by atoms with Gasteiger partial charge < -0.3 is 9.47 Å².